The first kappa shape index (κ1) is 21.2. The van der Waals surface area contributed by atoms with Crippen molar-refractivity contribution in [3.05, 3.63) is 82.2 Å². The summed E-state index contributed by atoms with van der Waals surface area (Å²) in [5, 5.41) is 4.32. The summed E-state index contributed by atoms with van der Waals surface area (Å²) in [5.74, 6) is -1.08. The zero-order chi connectivity index (χ0) is 22.3. The van der Waals surface area contributed by atoms with Crippen LogP contribution in [0.3, 0.4) is 0 Å². The number of nitrogens with zero attached hydrogens (tertiary/aromatic N) is 3. The van der Waals surface area contributed by atoms with Crippen LogP contribution in [0.15, 0.2) is 52.5 Å². The van der Waals surface area contributed by atoms with Crippen molar-refractivity contribution in [3.8, 4) is 0 Å². The normalized spacial score (nSPS) is 17.3. The van der Waals surface area contributed by atoms with Crippen LogP contribution in [-0.4, -0.2) is 24.0 Å². The summed E-state index contributed by atoms with van der Waals surface area (Å²) in [5.41, 5.74) is 2.88. The van der Waals surface area contributed by atoms with Gasteiger partial charge in [-0.05, 0) is 42.3 Å². The summed E-state index contributed by atoms with van der Waals surface area (Å²) in [7, 11) is -2.12. The first-order chi connectivity index (χ1) is 14.7. The van der Waals surface area contributed by atoms with Gasteiger partial charge in [-0.15, -0.1) is 0 Å². The van der Waals surface area contributed by atoms with Gasteiger partial charge < -0.3 is 0 Å². The van der Waals surface area contributed by atoms with E-state index < -0.39 is 27.6 Å². The van der Waals surface area contributed by atoms with Crippen LogP contribution in [0.25, 0.3) is 0 Å². The number of rotatable bonds is 4. The zero-order valence-corrected chi connectivity index (χ0v) is 18.2. The fraction of sp³-hybridized carbons (Fsp3) is 0.273. The number of sulfonamides is 1. The highest BCUT2D eigenvalue weighted by Crippen LogP contribution is 2.35. The van der Waals surface area contributed by atoms with Crippen molar-refractivity contribution < 1.29 is 17.2 Å². The van der Waals surface area contributed by atoms with Crippen LogP contribution >= 0.6 is 0 Å². The number of fused-ring (bicyclic) bond motifs is 1. The average molecular weight is 445 g/mol. The lowest BCUT2D eigenvalue weighted by molar-refractivity contribution is 0.580. The molecule has 0 spiro atoms. The minimum Gasteiger partial charge on any atom is -0.275 e. The van der Waals surface area contributed by atoms with E-state index in [0.717, 1.165) is 11.3 Å². The van der Waals surface area contributed by atoms with Gasteiger partial charge in [0, 0.05) is 36.7 Å². The molecule has 1 N–H and O–H groups in total. The van der Waals surface area contributed by atoms with Gasteiger partial charge >= 0.3 is 0 Å². The molecule has 0 radical (unpaired) electrons. The number of hydrogen-bond acceptors (Lipinski definition) is 4. The Hall–Kier alpha value is -3.07. The minimum atomic E-state index is -3.91. The number of hydrogen-bond donors (Lipinski definition) is 1. The number of halogens is 2. The van der Waals surface area contributed by atoms with E-state index in [1.807, 2.05) is 20.0 Å². The summed E-state index contributed by atoms with van der Waals surface area (Å²) in [6.07, 6.45) is 1.94. The van der Waals surface area contributed by atoms with Crippen LogP contribution in [-0.2, 0) is 30.0 Å². The smallest absolute Gasteiger partial charge is 0.263 e. The molecule has 0 saturated carbocycles. The summed E-state index contributed by atoms with van der Waals surface area (Å²) in [6.45, 7) is 3.77. The van der Waals surface area contributed by atoms with Gasteiger partial charge in [-0.3, -0.25) is 14.4 Å². The highest BCUT2D eigenvalue weighted by Gasteiger charge is 2.32. The van der Waals surface area contributed by atoms with Gasteiger partial charge in [0.15, 0.2) is 0 Å². The van der Waals surface area contributed by atoms with Crippen LogP contribution in [0.1, 0.15) is 40.8 Å². The van der Waals surface area contributed by atoms with Crippen LogP contribution in [0.2, 0.25) is 0 Å². The summed E-state index contributed by atoms with van der Waals surface area (Å²) in [4.78, 5) is 4.38. The molecule has 1 aliphatic heterocycles. The van der Waals surface area contributed by atoms with Crippen molar-refractivity contribution in [2.45, 2.75) is 37.6 Å². The summed E-state index contributed by atoms with van der Waals surface area (Å²) < 4.78 is 58.2. The Morgan fingerprint density at radius 1 is 1.26 bits per heavy atom. The van der Waals surface area contributed by atoms with Gasteiger partial charge in [0.05, 0.1) is 17.1 Å². The standard InChI is InChI=1S/C22H22F2N4O2S/c1-13(18-12-28(3)26-14(18)2)22-17-10-21(25-11-15-5-4-6-16(23)9-15)27-31(29,30)20(17)8-7-19(22)24/h4-9,12-13H,10-11H2,1-3H3,(H,25,27)/t13-/m1/s1. The number of aromatic nitrogens is 2. The maximum absolute atomic E-state index is 15.0. The molecule has 4 rings (SSSR count). The molecule has 2 aromatic carbocycles. The van der Waals surface area contributed by atoms with E-state index in [1.165, 1.54) is 24.3 Å². The zero-order valence-electron chi connectivity index (χ0n) is 17.4. The molecule has 1 aliphatic rings. The lowest BCUT2D eigenvalue weighted by Crippen LogP contribution is -2.38. The third kappa shape index (κ3) is 4.10. The minimum absolute atomic E-state index is 0.0435. The fourth-order valence-electron chi connectivity index (χ4n) is 4.04. The highest BCUT2D eigenvalue weighted by atomic mass is 32.2. The third-order valence-corrected chi connectivity index (χ3v) is 6.91. The summed E-state index contributed by atoms with van der Waals surface area (Å²) >= 11 is 0. The van der Waals surface area contributed by atoms with E-state index >= 15 is 4.39 Å². The molecule has 1 atom stereocenters. The van der Waals surface area contributed by atoms with E-state index in [2.05, 4.69) is 14.8 Å². The van der Waals surface area contributed by atoms with Gasteiger partial charge in [-0.1, -0.05) is 19.1 Å². The van der Waals surface area contributed by atoms with Crippen LogP contribution in [0.5, 0.6) is 0 Å². The molecule has 0 unspecified atom stereocenters. The second-order valence-corrected chi connectivity index (χ2v) is 9.33. The van der Waals surface area contributed by atoms with E-state index in [1.54, 1.807) is 23.9 Å². The maximum Gasteiger partial charge on any atom is 0.263 e. The fourth-order valence-corrected chi connectivity index (χ4v) is 5.35. The number of aliphatic imine (C=N–C) groups is 1. The Kier molecular flexibility index (Phi) is 5.38. The van der Waals surface area contributed by atoms with Gasteiger partial charge in [0.25, 0.3) is 10.0 Å². The Balaban J connectivity index is 1.77. The molecule has 162 valence electrons. The number of amidine groups is 1. The molecule has 0 saturated heterocycles. The first-order valence-electron chi connectivity index (χ1n) is 9.77. The Morgan fingerprint density at radius 2 is 2.03 bits per heavy atom. The lowest BCUT2D eigenvalue weighted by Gasteiger charge is -2.25. The number of benzene rings is 2. The Labute approximate surface area is 179 Å². The largest absolute Gasteiger partial charge is 0.275 e. The number of aryl methyl sites for hydroxylation is 2. The molecule has 6 nitrogen and oxygen atoms in total. The quantitative estimate of drug-likeness (QED) is 0.668. The molecule has 0 bridgehead atoms. The van der Waals surface area contributed by atoms with E-state index in [-0.39, 0.29) is 23.7 Å². The molecule has 0 amide bonds. The van der Waals surface area contributed by atoms with E-state index in [0.29, 0.717) is 16.7 Å². The summed E-state index contributed by atoms with van der Waals surface area (Å²) in [6, 6.07) is 8.40. The van der Waals surface area contributed by atoms with Crippen LogP contribution in [0, 0.1) is 18.6 Å². The van der Waals surface area contributed by atoms with Crippen molar-refractivity contribution in [1.82, 2.24) is 14.5 Å². The van der Waals surface area contributed by atoms with Crippen LogP contribution < -0.4 is 4.72 Å². The SMILES string of the molecule is Cc1nn(C)cc1[C@@H](C)c1c(F)ccc2c1CC(=NCc1cccc(F)c1)NS2(=O)=O. The Bertz CT molecular complexity index is 1300. The van der Waals surface area contributed by atoms with Crippen molar-refractivity contribution in [3.63, 3.8) is 0 Å². The molecule has 2 heterocycles. The van der Waals surface area contributed by atoms with Gasteiger partial charge in [-0.25, -0.2) is 17.2 Å². The number of nitrogens with one attached hydrogen (secondary N) is 1. The first-order valence-corrected chi connectivity index (χ1v) is 11.3. The molecule has 1 aromatic heterocycles. The maximum atomic E-state index is 15.0. The second-order valence-electron chi connectivity index (χ2n) is 7.68. The van der Waals surface area contributed by atoms with Crippen molar-refractivity contribution in [1.29, 1.82) is 0 Å². The second kappa shape index (κ2) is 7.88. The topological polar surface area (TPSA) is 76.3 Å². The average Bonchev–Trinajstić information content (AvgIpc) is 3.03. The molecule has 0 fully saturated rings. The monoisotopic (exact) mass is 444 g/mol. The molecular formula is C22H22F2N4O2S. The highest BCUT2D eigenvalue weighted by molar-refractivity contribution is 7.90. The van der Waals surface area contributed by atoms with Crippen molar-refractivity contribution in [2.24, 2.45) is 12.0 Å². The molecule has 3 aromatic rings. The predicted molar refractivity (Wildman–Crippen MR) is 113 cm³/mol. The van der Waals surface area contributed by atoms with Crippen molar-refractivity contribution >= 4 is 15.9 Å². The molecule has 31 heavy (non-hydrogen) atoms. The Morgan fingerprint density at radius 3 is 2.71 bits per heavy atom. The molecular weight excluding hydrogens is 422 g/mol. The van der Waals surface area contributed by atoms with E-state index in [4.69, 9.17) is 0 Å². The third-order valence-electron chi connectivity index (χ3n) is 5.44. The van der Waals surface area contributed by atoms with Crippen LogP contribution in [0.4, 0.5) is 8.78 Å². The van der Waals surface area contributed by atoms with Gasteiger partial charge in [0.1, 0.15) is 17.5 Å². The predicted octanol–water partition coefficient (Wildman–Crippen LogP) is 3.59. The van der Waals surface area contributed by atoms with Crippen molar-refractivity contribution in [2.75, 3.05) is 0 Å². The van der Waals surface area contributed by atoms with E-state index in [9.17, 15) is 12.8 Å². The lowest BCUT2D eigenvalue weighted by atomic mass is 9.88. The molecule has 9 heteroatoms. The molecule has 0 aliphatic carbocycles. The van der Waals surface area contributed by atoms with Gasteiger partial charge in [-0.2, -0.15) is 5.10 Å². The van der Waals surface area contributed by atoms with Gasteiger partial charge in [0.2, 0.25) is 0 Å².